The molecule has 4 rings (SSSR count). The molecule has 29 heavy (non-hydrogen) atoms. The second kappa shape index (κ2) is 8.07. The van der Waals surface area contributed by atoms with E-state index in [1.165, 1.54) is 12.5 Å². The average Bonchev–Trinajstić information content (AvgIpc) is 3.13. The summed E-state index contributed by atoms with van der Waals surface area (Å²) < 4.78 is 11.6. The minimum Gasteiger partial charge on any atom is -0.461 e. The zero-order valence-electron chi connectivity index (χ0n) is 16.9. The highest BCUT2D eigenvalue weighted by Gasteiger charge is 2.36. The molecule has 1 fully saturated rings. The van der Waals surface area contributed by atoms with Gasteiger partial charge in [0.25, 0.3) is 0 Å². The number of benzene rings is 1. The molecule has 0 bridgehead atoms. The zero-order chi connectivity index (χ0) is 20.4. The second-order valence-electron chi connectivity index (χ2n) is 7.82. The van der Waals surface area contributed by atoms with E-state index >= 15 is 0 Å². The van der Waals surface area contributed by atoms with Gasteiger partial charge in [0.1, 0.15) is 11.5 Å². The minimum absolute atomic E-state index is 0.0151. The number of rotatable bonds is 7. The van der Waals surface area contributed by atoms with Crippen molar-refractivity contribution in [2.75, 3.05) is 0 Å². The highest BCUT2D eigenvalue weighted by molar-refractivity contribution is 5.91. The molecule has 6 heteroatoms. The molecule has 3 aromatic rings. The number of hydrogen-bond acceptors (Lipinski definition) is 5. The van der Waals surface area contributed by atoms with E-state index in [9.17, 15) is 4.79 Å². The maximum atomic E-state index is 12.8. The van der Waals surface area contributed by atoms with Gasteiger partial charge >= 0.3 is 0 Å². The standard InChI is InChI=1S/C23H25N3O3/c1-15(2)26(14-21-24-25-23(29-21)17-7-5-4-6-8-17)22(27)12-10-18-9-11-20(28-18)19-13-16(19)3/h4-12,15-16,19H,13-14H2,1-3H3/b12-10+/t16-,19+/m1/s1. The third-order valence-corrected chi connectivity index (χ3v) is 5.21. The fourth-order valence-corrected chi connectivity index (χ4v) is 3.30. The van der Waals surface area contributed by atoms with Crippen LogP contribution >= 0.6 is 0 Å². The van der Waals surface area contributed by atoms with Crippen molar-refractivity contribution in [2.45, 2.75) is 45.7 Å². The van der Waals surface area contributed by atoms with Crippen LogP contribution in [0, 0.1) is 5.92 Å². The van der Waals surface area contributed by atoms with Gasteiger partial charge in [0, 0.05) is 23.6 Å². The average molecular weight is 391 g/mol. The molecule has 0 aliphatic heterocycles. The first-order chi connectivity index (χ1) is 14.0. The van der Waals surface area contributed by atoms with Gasteiger partial charge in [0.2, 0.25) is 17.7 Å². The summed E-state index contributed by atoms with van der Waals surface area (Å²) >= 11 is 0. The molecule has 0 spiro atoms. The fraction of sp³-hybridized carbons (Fsp3) is 0.348. The summed E-state index contributed by atoms with van der Waals surface area (Å²) in [6.07, 6.45) is 4.43. The molecule has 2 heterocycles. The van der Waals surface area contributed by atoms with Gasteiger partial charge in [0.05, 0.1) is 6.54 Å². The van der Waals surface area contributed by atoms with E-state index in [4.69, 9.17) is 8.83 Å². The van der Waals surface area contributed by atoms with E-state index < -0.39 is 0 Å². The maximum absolute atomic E-state index is 12.8. The van der Waals surface area contributed by atoms with Crippen molar-refractivity contribution < 1.29 is 13.6 Å². The maximum Gasteiger partial charge on any atom is 0.247 e. The number of aromatic nitrogens is 2. The van der Waals surface area contributed by atoms with Crippen molar-refractivity contribution in [1.82, 2.24) is 15.1 Å². The molecule has 1 amide bonds. The molecule has 2 atom stereocenters. The number of nitrogens with zero attached hydrogens (tertiary/aromatic N) is 3. The predicted molar refractivity (Wildman–Crippen MR) is 110 cm³/mol. The first kappa shape index (κ1) is 19.2. The lowest BCUT2D eigenvalue weighted by Crippen LogP contribution is -2.35. The lowest BCUT2D eigenvalue weighted by Gasteiger charge is -2.23. The van der Waals surface area contributed by atoms with Gasteiger partial charge in [-0.3, -0.25) is 4.79 Å². The Bertz CT molecular complexity index is 1000. The number of carbonyl (C=O) groups is 1. The summed E-state index contributed by atoms with van der Waals surface area (Å²) in [5.41, 5.74) is 0.854. The van der Waals surface area contributed by atoms with Crippen molar-refractivity contribution >= 4 is 12.0 Å². The van der Waals surface area contributed by atoms with Crippen LogP contribution in [0.1, 0.15) is 50.5 Å². The van der Waals surface area contributed by atoms with Gasteiger partial charge in [-0.05, 0) is 56.5 Å². The molecular weight excluding hydrogens is 366 g/mol. The van der Waals surface area contributed by atoms with Crippen LogP contribution in [0.25, 0.3) is 17.5 Å². The normalized spacial score (nSPS) is 18.5. The second-order valence-corrected chi connectivity index (χ2v) is 7.82. The Hall–Kier alpha value is -3.15. The quantitative estimate of drug-likeness (QED) is 0.536. The van der Waals surface area contributed by atoms with E-state index in [1.54, 1.807) is 11.0 Å². The molecule has 0 N–H and O–H groups in total. The van der Waals surface area contributed by atoms with Gasteiger partial charge in [-0.25, -0.2) is 0 Å². The van der Waals surface area contributed by atoms with Crippen LogP contribution in [0.2, 0.25) is 0 Å². The molecule has 0 radical (unpaired) electrons. The SMILES string of the molecule is CC(C)N(Cc1nnc(-c2ccccc2)o1)C(=O)/C=C/c1ccc([C@H]2C[C@H]2C)o1. The van der Waals surface area contributed by atoms with E-state index in [1.807, 2.05) is 56.3 Å². The number of carbonyl (C=O) groups excluding carboxylic acids is 1. The molecule has 0 unspecified atom stereocenters. The molecule has 2 aromatic heterocycles. The highest BCUT2D eigenvalue weighted by Crippen LogP contribution is 2.47. The number of hydrogen-bond donors (Lipinski definition) is 0. The highest BCUT2D eigenvalue weighted by atomic mass is 16.4. The van der Waals surface area contributed by atoms with Crippen molar-refractivity contribution in [3.8, 4) is 11.5 Å². The third-order valence-electron chi connectivity index (χ3n) is 5.21. The van der Waals surface area contributed by atoms with E-state index in [0.717, 1.165) is 11.3 Å². The van der Waals surface area contributed by atoms with Gasteiger partial charge in [-0.2, -0.15) is 0 Å². The summed E-state index contributed by atoms with van der Waals surface area (Å²) in [5, 5.41) is 8.19. The van der Waals surface area contributed by atoms with E-state index in [-0.39, 0.29) is 18.5 Å². The summed E-state index contributed by atoms with van der Waals surface area (Å²) in [6.45, 7) is 6.39. The predicted octanol–water partition coefficient (Wildman–Crippen LogP) is 4.90. The van der Waals surface area contributed by atoms with Gasteiger partial charge in [-0.15, -0.1) is 10.2 Å². The Labute approximate surface area is 170 Å². The fourth-order valence-electron chi connectivity index (χ4n) is 3.30. The van der Waals surface area contributed by atoms with Crippen LogP contribution in [0.15, 0.2) is 57.4 Å². The van der Waals surface area contributed by atoms with Crippen molar-refractivity contribution in [2.24, 2.45) is 5.92 Å². The lowest BCUT2D eigenvalue weighted by molar-refractivity contribution is -0.128. The molecular formula is C23H25N3O3. The van der Waals surface area contributed by atoms with Crippen LogP contribution in [0.3, 0.4) is 0 Å². The summed E-state index contributed by atoms with van der Waals surface area (Å²) in [6, 6.07) is 13.5. The third kappa shape index (κ3) is 4.47. The summed E-state index contributed by atoms with van der Waals surface area (Å²) in [5.74, 6) is 3.64. The largest absolute Gasteiger partial charge is 0.461 e. The van der Waals surface area contributed by atoms with Crippen LogP contribution < -0.4 is 0 Å². The van der Waals surface area contributed by atoms with Gasteiger partial charge in [-0.1, -0.05) is 25.1 Å². The molecule has 150 valence electrons. The molecule has 1 saturated carbocycles. The molecule has 1 aromatic carbocycles. The van der Waals surface area contributed by atoms with Gasteiger partial charge in [0.15, 0.2) is 0 Å². The minimum atomic E-state index is -0.128. The lowest BCUT2D eigenvalue weighted by atomic mass is 10.2. The Kier molecular flexibility index (Phi) is 5.34. The molecule has 1 aliphatic rings. The van der Waals surface area contributed by atoms with E-state index in [2.05, 4.69) is 17.1 Å². The van der Waals surface area contributed by atoms with E-state index in [0.29, 0.717) is 29.4 Å². The Morgan fingerprint density at radius 2 is 1.93 bits per heavy atom. The first-order valence-electron chi connectivity index (χ1n) is 9.97. The van der Waals surface area contributed by atoms with Crippen LogP contribution in [-0.4, -0.2) is 27.0 Å². The van der Waals surface area contributed by atoms with Crippen molar-refractivity contribution in [1.29, 1.82) is 0 Å². The van der Waals surface area contributed by atoms with Gasteiger partial charge < -0.3 is 13.7 Å². The Morgan fingerprint density at radius 3 is 2.62 bits per heavy atom. The Balaban J connectivity index is 1.42. The van der Waals surface area contributed by atoms with Crippen LogP contribution in [0.5, 0.6) is 0 Å². The Morgan fingerprint density at radius 1 is 1.17 bits per heavy atom. The van der Waals surface area contributed by atoms with Crippen molar-refractivity contribution in [3.05, 3.63) is 66.0 Å². The van der Waals surface area contributed by atoms with Crippen LogP contribution in [-0.2, 0) is 11.3 Å². The van der Waals surface area contributed by atoms with Crippen LogP contribution in [0.4, 0.5) is 0 Å². The monoisotopic (exact) mass is 391 g/mol. The number of amides is 1. The number of furan rings is 1. The molecule has 6 nitrogen and oxygen atoms in total. The smallest absolute Gasteiger partial charge is 0.247 e. The topological polar surface area (TPSA) is 72.4 Å². The molecule has 1 aliphatic carbocycles. The zero-order valence-corrected chi connectivity index (χ0v) is 16.9. The summed E-state index contributed by atoms with van der Waals surface area (Å²) in [4.78, 5) is 14.4. The first-order valence-corrected chi connectivity index (χ1v) is 9.97. The van der Waals surface area contributed by atoms with Crippen molar-refractivity contribution in [3.63, 3.8) is 0 Å². The molecule has 0 saturated heterocycles. The summed E-state index contributed by atoms with van der Waals surface area (Å²) in [7, 11) is 0.